The number of Topliss-reactive ketones (excluding diaryl/α,β-unsaturated/α-hetero) is 1. The number of nitriles is 1. The van der Waals surface area contributed by atoms with Crippen LogP contribution >= 0.6 is 15.9 Å². The van der Waals surface area contributed by atoms with Gasteiger partial charge >= 0.3 is 0 Å². The molecule has 0 amide bonds. The van der Waals surface area contributed by atoms with Crippen LogP contribution in [0.25, 0.3) is 0 Å². The van der Waals surface area contributed by atoms with Crippen molar-refractivity contribution in [3.05, 3.63) is 35.4 Å². The summed E-state index contributed by atoms with van der Waals surface area (Å²) in [7, 11) is 0. The molecule has 0 spiro atoms. The van der Waals surface area contributed by atoms with Crippen molar-refractivity contribution in [3.8, 4) is 6.07 Å². The topological polar surface area (TPSA) is 40.9 Å². The summed E-state index contributed by atoms with van der Waals surface area (Å²) in [6, 6.07) is 9.22. The molecule has 0 unspecified atom stereocenters. The number of carbonyl (C=O) groups excluding carboxylic acids is 1. The van der Waals surface area contributed by atoms with Crippen molar-refractivity contribution in [2.75, 3.05) is 5.33 Å². The molecule has 13 heavy (non-hydrogen) atoms. The lowest BCUT2D eigenvalue weighted by atomic mass is 10.0. The van der Waals surface area contributed by atoms with E-state index in [1.165, 1.54) is 0 Å². The molecule has 0 heterocycles. The van der Waals surface area contributed by atoms with Crippen LogP contribution in [0.5, 0.6) is 0 Å². The molecule has 1 aromatic rings. The van der Waals surface area contributed by atoms with Crippen molar-refractivity contribution >= 4 is 21.7 Å². The van der Waals surface area contributed by atoms with Crippen LogP contribution in [0.15, 0.2) is 24.3 Å². The first kappa shape index (κ1) is 9.94. The summed E-state index contributed by atoms with van der Waals surface area (Å²) in [6.07, 6.45) is 0.287. The summed E-state index contributed by atoms with van der Waals surface area (Å²) < 4.78 is 0. The van der Waals surface area contributed by atoms with E-state index in [-0.39, 0.29) is 12.2 Å². The number of ketones is 1. The maximum absolute atomic E-state index is 11.4. The van der Waals surface area contributed by atoms with Crippen LogP contribution in [0.1, 0.15) is 15.9 Å². The minimum atomic E-state index is 0.0193. The standard InChI is InChI=1S/C10H8BrNO/c11-7-10(13)9-4-2-1-3-8(9)5-6-12/h1-4H,5,7H2. The Balaban J connectivity index is 3.05. The number of nitrogens with zero attached hydrogens (tertiary/aromatic N) is 1. The van der Waals surface area contributed by atoms with E-state index in [9.17, 15) is 4.79 Å². The van der Waals surface area contributed by atoms with Crippen molar-refractivity contribution in [3.63, 3.8) is 0 Å². The van der Waals surface area contributed by atoms with Crippen LogP contribution in [-0.2, 0) is 6.42 Å². The molecule has 0 N–H and O–H groups in total. The van der Waals surface area contributed by atoms with E-state index < -0.39 is 0 Å². The van der Waals surface area contributed by atoms with Crippen LogP contribution in [0.2, 0.25) is 0 Å². The van der Waals surface area contributed by atoms with E-state index in [2.05, 4.69) is 15.9 Å². The van der Waals surface area contributed by atoms with Crippen LogP contribution < -0.4 is 0 Å². The van der Waals surface area contributed by atoms with Crippen LogP contribution in [0, 0.1) is 11.3 Å². The summed E-state index contributed by atoms with van der Waals surface area (Å²) in [6.45, 7) is 0. The highest BCUT2D eigenvalue weighted by atomic mass is 79.9. The summed E-state index contributed by atoms with van der Waals surface area (Å²) in [5.74, 6) is 0.0193. The predicted octanol–water partition coefficient (Wildman–Crippen LogP) is 2.33. The Morgan fingerprint density at radius 3 is 2.77 bits per heavy atom. The van der Waals surface area contributed by atoms with E-state index in [0.29, 0.717) is 10.9 Å². The largest absolute Gasteiger partial charge is 0.293 e. The molecule has 0 saturated heterocycles. The fourth-order valence-electron chi connectivity index (χ4n) is 1.10. The molecule has 0 aliphatic carbocycles. The third kappa shape index (κ3) is 2.40. The van der Waals surface area contributed by atoms with Gasteiger partial charge in [0, 0.05) is 5.56 Å². The lowest BCUT2D eigenvalue weighted by molar-refractivity contribution is 0.102. The Hall–Kier alpha value is -1.14. The average Bonchev–Trinajstić information content (AvgIpc) is 2.18. The predicted molar refractivity (Wildman–Crippen MR) is 53.9 cm³/mol. The maximum atomic E-state index is 11.4. The first-order chi connectivity index (χ1) is 6.29. The molecule has 0 saturated carbocycles. The minimum absolute atomic E-state index is 0.0193. The molecular weight excluding hydrogens is 230 g/mol. The molecular formula is C10H8BrNO. The average molecular weight is 238 g/mol. The first-order valence-electron chi connectivity index (χ1n) is 3.83. The smallest absolute Gasteiger partial charge is 0.173 e. The van der Waals surface area contributed by atoms with E-state index in [1.807, 2.05) is 12.1 Å². The number of benzene rings is 1. The molecule has 2 nitrogen and oxygen atoms in total. The lowest BCUT2D eigenvalue weighted by Gasteiger charge is -2.02. The zero-order valence-corrected chi connectivity index (χ0v) is 8.54. The van der Waals surface area contributed by atoms with Gasteiger partial charge in [-0.05, 0) is 5.56 Å². The van der Waals surface area contributed by atoms with Crippen molar-refractivity contribution in [1.29, 1.82) is 5.26 Å². The van der Waals surface area contributed by atoms with Crippen LogP contribution in [0.3, 0.4) is 0 Å². The fraction of sp³-hybridized carbons (Fsp3) is 0.200. The van der Waals surface area contributed by atoms with Gasteiger partial charge in [0.2, 0.25) is 0 Å². The van der Waals surface area contributed by atoms with Crippen LogP contribution in [0.4, 0.5) is 0 Å². The molecule has 0 atom stereocenters. The van der Waals surface area contributed by atoms with E-state index >= 15 is 0 Å². The Labute approximate surface area is 85.3 Å². The van der Waals surface area contributed by atoms with Gasteiger partial charge in [0.1, 0.15) is 0 Å². The normalized spacial score (nSPS) is 9.23. The SMILES string of the molecule is N#CCc1ccccc1C(=O)CBr. The van der Waals surface area contributed by atoms with Gasteiger partial charge in [0.25, 0.3) is 0 Å². The number of hydrogen-bond donors (Lipinski definition) is 0. The van der Waals surface area contributed by atoms with Crippen molar-refractivity contribution in [2.24, 2.45) is 0 Å². The number of carbonyl (C=O) groups is 1. The number of halogens is 1. The highest BCUT2D eigenvalue weighted by Gasteiger charge is 2.08. The second kappa shape index (κ2) is 4.78. The van der Waals surface area contributed by atoms with E-state index in [1.54, 1.807) is 18.2 Å². The molecule has 3 heteroatoms. The monoisotopic (exact) mass is 237 g/mol. The van der Waals surface area contributed by atoms with Crippen molar-refractivity contribution < 1.29 is 4.79 Å². The second-order valence-electron chi connectivity index (χ2n) is 2.55. The maximum Gasteiger partial charge on any atom is 0.173 e. The van der Waals surface area contributed by atoms with E-state index in [0.717, 1.165) is 5.56 Å². The fourth-order valence-corrected chi connectivity index (χ4v) is 1.41. The van der Waals surface area contributed by atoms with Gasteiger partial charge in [0.05, 0.1) is 17.8 Å². The molecule has 0 radical (unpaired) electrons. The van der Waals surface area contributed by atoms with Gasteiger partial charge in [-0.2, -0.15) is 5.26 Å². The summed E-state index contributed by atoms with van der Waals surface area (Å²) in [5.41, 5.74) is 1.44. The van der Waals surface area contributed by atoms with Gasteiger partial charge in [-0.1, -0.05) is 40.2 Å². The lowest BCUT2D eigenvalue weighted by Crippen LogP contribution is -2.03. The summed E-state index contributed by atoms with van der Waals surface area (Å²) in [4.78, 5) is 11.4. The van der Waals surface area contributed by atoms with Crippen molar-refractivity contribution in [1.82, 2.24) is 0 Å². The Kier molecular flexibility index (Phi) is 3.66. The number of rotatable bonds is 3. The van der Waals surface area contributed by atoms with Gasteiger partial charge in [-0.15, -0.1) is 0 Å². The number of hydrogen-bond acceptors (Lipinski definition) is 2. The first-order valence-corrected chi connectivity index (χ1v) is 4.95. The summed E-state index contributed by atoms with van der Waals surface area (Å²) >= 11 is 3.10. The Morgan fingerprint density at radius 1 is 1.46 bits per heavy atom. The Morgan fingerprint density at radius 2 is 2.15 bits per heavy atom. The third-order valence-corrected chi connectivity index (χ3v) is 2.22. The van der Waals surface area contributed by atoms with Crippen LogP contribution in [-0.4, -0.2) is 11.1 Å². The minimum Gasteiger partial charge on any atom is -0.293 e. The van der Waals surface area contributed by atoms with Gasteiger partial charge in [0.15, 0.2) is 5.78 Å². The molecule has 0 aliphatic rings. The van der Waals surface area contributed by atoms with Gasteiger partial charge < -0.3 is 0 Å². The molecule has 1 rings (SSSR count). The zero-order chi connectivity index (χ0) is 9.68. The van der Waals surface area contributed by atoms with Crippen molar-refractivity contribution in [2.45, 2.75) is 6.42 Å². The van der Waals surface area contributed by atoms with Gasteiger partial charge in [-0.25, -0.2) is 0 Å². The highest BCUT2D eigenvalue weighted by molar-refractivity contribution is 9.09. The zero-order valence-electron chi connectivity index (χ0n) is 6.96. The Bertz CT molecular complexity index is 354. The second-order valence-corrected chi connectivity index (χ2v) is 3.11. The molecule has 66 valence electrons. The molecule has 0 aromatic heterocycles. The number of alkyl halides is 1. The summed E-state index contributed by atoms with van der Waals surface area (Å²) in [5, 5.41) is 8.83. The molecule has 0 aliphatic heterocycles. The quantitative estimate of drug-likeness (QED) is 0.599. The molecule has 1 aromatic carbocycles. The molecule has 0 fully saturated rings. The highest BCUT2D eigenvalue weighted by Crippen LogP contribution is 2.10. The van der Waals surface area contributed by atoms with Gasteiger partial charge in [-0.3, -0.25) is 4.79 Å². The van der Waals surface area contributed by atoms with E-state index in [4.69, 9.17) is 5.26 Å². The molecule has 0 bridgehead atoms. The third-order valence-electron chi connectivity index (χ3n) is 1.71.